The molecule has 1 atom stereocenters. The zero-order valence-corrected chi connectivity index (χ0v) is 12.5. The highest BCUT2D eigenvalue weighted by molar-refractivity contribution is 5.54. The minimum Gasteiger partial charge on any atom is -0.372 e. The first kappa shape index (κ1) is 14.2. The molecule has 0 spiro atoms. The molecule has 2 nitrogen and oxygen atoms in total. The van der Waals surface area contributed by atoms with Crippen molar-refractivity contribution in [2.24, 2.45) is 0 Å². The van der Waals surface area contributed by atoms with Gasteiger partial charge in [0.1, 0.15) is 0 Å². The largest absolute Gasteiger partial charge is 0.372 e. The number of rotatable bonds is 5. The highest BCUT2D eigenvalue weighted by Gasteiger charge is 2.26. The van der Waals surface area contributed by atoms with Crippen LogP contribution in [0.25, 0.3) is 0 Å². The molecule has 0 fully saturated rings. The summed E-state index contributed by atoms with van der Waals surface area (Å²) in [5.74, 6) is 0. The Hall–Kier alpha value is -2.74. The third-order valence-electron chi connectivity index (χ3n) is 3.77. The van der Waals surface area contributed by atoms with Gasteiger partial charge in [0.25, 0.3) is 0 Å². The van der Waals surface area contributed by atoms with Crippen molar-refractivity contribution in [3.63, 3.8) is 0 Å². The molecule has 2 N–H and O–H groups in total. The second-order valence-corrected chi connectivity index (χ2v) is 5.45. The van der Waals surface area contributed by atoms with Crippen LogP contribution in [0.5, 0.6) is 0 Å². The standard InChI is InChI=1S/C20H20N2/c1-2-20(22-18-12-7-4-8-13-18)15-9-14-19(16-20)21-17-10-5-3-6-11-17/h2-15,21-22H,1,16H2. The van der Waals surface area contributed by atoms with Gasteiger partial charge in [-0.2, -0.15) is 0 Å². The van der Waals surface area contributed by atoms with Gasteiger partial charge in [0.05, 0.1) is 5.54 Å². The lowest BCUT2D eigenvalue weighted by Crippen LogP contribution is -2.36. The summed E-state index contributed by atoms with van der Waals surface area (Å²) in [6.07, 6.45) is 9.14. The Labute approximate surface area is 131 Å². The van der Waals surface area contributed by atoms with Gasteiger partial charge in [0, 0.05) is 23.5 Å². The van der Waals surface area contributed by atoms with E-state index in [-0.39, 0.29) is 5.54 Å². The summed E-state index contributed by atoms with van der Waals surface area (Å²) in [5, 5.41) is 7.05. The maximum Gasteiger partial charge on any atom is 0.0795 e. The van der Waals surface area contributed by atoms with E-state index in [1.54, 1.807) is 0 Å². The van der Waals surface area contributed by atoms with Crippen LogP contribution in [0.15, 0.2) is 97.2 Å². The van der Waals surface area contributed by atoms with Gasteiger partial charge >= 0.3 is 0 Å². The van der Waals surface area contributed by atoms with Gasteiger partial charge in [-0.3, -0.25) is 0 Å². The Morgan fingerprint density at radius 3 is 2.18 bits per heavy atom. The molecule has 110 valence electrons. The molecule has 0 bridgehead atoms. The van der Waals surface area contributed by atoms with Crippen molar-refractivity contribution in [3.8, 4) is 0 Å². The van der Waals surface area contributed by atoms with Gasteiger partial charge in [-0.25, -0.2) is 0 Å². The summed E-state index contributed by atoms with van der Waals surface area (Å²) < 4.78 is 0. The van der Waals surface area contributed by atoms with Gasteiger partial charge in [-0.1, -0.05) is 54.6 Å². The Bertz CT molecular complexity index is 686. The van der Waals surface area contributed by atoms with Gasteiger partial charge < -0.3 is 10.6 Å². The first-order chi connectivity index (χ1) is 10.8. The maximum absolute atomic E-state index is 4.03. The van der Waals surface area contributed by atoms with E-state index in [2.05, 4.69) is 59.7 Å². The van der Waals surface area contributed by atoms with Crippen molar-refractivity contribution in [2.75, 3.05) is 10.6 Å². The normalized spacial score (nSPS) is 20.1. The lowest BCUT2D eigenvalue weighted by molar-refractivity contribution is 0.692. The number of benzene rings is 2. The average Bonchev–Trinajstić information content (AvgIpc) is 2.57. The molecule has 1 unspecified atom stereocenters. The SMILES string of the molecule is C=CC1(Nc2ccccc2)C=CC=C(Nc2ccccc2)C1. The second kappa shape index (κ2) is 6.35. The molecule has 1 aliphatic rings. The summed E-state index contributed by atoms with van der Waals surface area (Å²) in [6, 6.07) is 20.4. The predicted molar refractivity (Wildman–Crippen MR) is 94.9 cm³/mol. The first-order valence-corrected chi connectivity index (χ1v) is 7.47. The van der Waals surface area contributed by atoms with Crippen molar-refractivity contribution in [3.05, 3.63) is 97.2 Å². The van der Waals surface area contributed by atoms with Crippen molar-refractivity contribution in [1.29, 1.82) is 0 Å². The summed E-state index contributed by atoms with van der Waals surface area (Å²) in [6.45, 7) is 4.03. The van der Waals surface area contributed by atoms with Crippen LogP contribution in [-0.4, -0.2) is 5.54 Å². The van der Waals surface area contributed by atoms with Crippen LogP contribution < -0.4 is 10.6 Å². The molecule has 22 heavy (non-hydrogen) atoms. The van der Waals surface area contributed by atoms with E-state index in [9.17, 15) is 0 Å². The molecule has 2 heteroatoms. The summed E-state index contributed by atoms with van der Waals surface area (Å²) in [7, 11) is 0. The predicted octanol–water partition coefficient (Wildman–Crippen LogP) is 4.98. The third kappa shape index (κ3) is 3.29. The van der Waals surface area contributed by atoms with E-state index >= 15 is 0 Å². The fraction of sp³-hybridized carbons (Fsp3) is 0.100. The smallest absolute Gasteiger partial charge is 0.0795 e. The van der Waals surface area contributed by atoms with Crippen LogP contribution in [0.4, 0.5) is 11.4 Å². The second-order valence-electron chi connectivity index (χ2n) is 5.45. The van der Waals surface area contributed by atoms with E-state index in [0.717, 1.165) is 23.5 Å². The van der Waals surface area contributed by atoms with Crippen LogP contribution in [0.3, 0.4) is 0 Å². The number of para-hydroxylation sites is 2. The highest BCUT2D eigenvalue weighted by Crippen LogP contribution is 2.29. The Morgan fingerprint density at radius 2 is 1.55 bits per heavy atom. The van der Waals surface area contributed by atoms with E-state index in [0.29, 0.717) is 0 Å². The van der Waals surface area contributed by atoms with Crippen LogP contribution in [-0.2, 0) is 0 Å². The Kier molecular flexibility index (Phi) is 4.10. The molecular weight excluding hydrogens is 268 g/mol. The fourth-order valence-electron chi connectivity index (χ4n) is 2.63. The number of allylic oxidation sites excluding steroid dienone is 2. The minimum atomic E-state index is -0.271. The van der Waals surface area contributed by atoms with Gasteiger partial charge in [0.2, 0.25) is 0 Å². The molecule has 0 saturated carbocycles. The van der Waals surface area contributed by atoms with Crippen molar-refractivity contribution in [2.45, 2.75) is 12.0 Å². The average molecular weight is 288 g/mol. The van der Waals surface area contributed by atoms with E-state index in [1.165, 1.54) is 0 Å². The minimum absolute atomic E-state index is 0.271. The number of hydrogen-bond donors (Lipinski definition) is 2. The third-order valence-corrected chi connectivity index (χ3v) is 3.77. The Balaban J connectivity index is 1.76. The molecule has 0 amide bonds. The number of nitrogens with one attached hydrogen (secondary N) is 2. The maximum atomic E-state index is 4.03. The summed E-state index contributed by atoms with van der Waals surface area (Å²) in [4.78, 5) is 0. The molecule has 3 rings (SSSR count). The molecule has 0 radical (unpaired) electrons. The zero-order chi connectivity index (χ0) is 15.3. The number of anilines is 2. The van der Waals surface area contributed by atoms with Crippen LogP contribution in [0, 0.1) is 0 Å². The van der Waals surface area contributed by atoms with Crippen LogP contribution >= 0.6 is 0 Å². The lowest BCUT2D eigenvalue weighted by atomic mass is 9.88. The van der Waals surface area contributed by atoms with Crippen molar-refractivity contribution >= 4 is 11.4 Å². The van der Waals surface area contributed by atoms with Gasteiger partial charge in [-0.15, -0.1) is 6.58 Å². The van der Waals surface area contributed by atoms with Crippen molar-refractivity contribution < 1.29 is 0 Å². The quantitative estimate of drug-likeness (QED) is 0.758. The van der Waals surface area contributed by atoms with Gasteiger partial charge in [-0.05, 0) is 30.3 Å². The molecule has 0 aromatic heterocycles. The zero-order valence-electron chi connectivity index (χ0n) is 12.5. The molecule has 0 heterocycles. The van der Waals surface area contributed by atoms with Crippen LogP contribution in [0.2, 0.25) is 0 Å². The summed E-state index contributed by atoms with van der Waals surface area (Å²) >= 11 is 0. The molecule has 0 saturated heterocycles. The van der Waals surface area contributed by atoms with E-state index in [4.69, 9.17) is 0 Å². The molecular formula is C20H20N2. The summed E-state index contributed by atoms with van der Waals surface area (Å²) in [5.41, 5.74) is 3.08. The lowest BCUT2D eigenvalue weighted by Gasteiger charge is -2.33. The first-order valence-electron chi connectivity index (χ1n) is 7.47. The molecule has 1 aliphatic carbocycles. The van der Waals surface area contributed by atoms with Crippen molar-refractivity contribution in [1.82, 2.24) is 0 Å². The van der Waals surface area contributed by atoms with Crippen LogP contribution in [0.1, 0.15) is 6.42 Å². The van der Waals surface area contributed by atoms with Gasteiger partial charge in [0.15, 0.2) is 0 Å². The monoisotopic (exact) mass is 288 g/mol. The Morgan fingerprint density at radius 1 is 0.909 bits per heavy atom. The van der Waals surface area contributed by atoms with E-state index < -0.39 is 0 Å². The number of hydrogen-bond acceptors (Lipinski definition) is 2. The fourth-order valence-corrected chi connectivity index (χ4v) is 2.63. The molecule has 2 aromatic carbocycles. The molecule has 0 aliphatic heterocycles. The van der Waals surface area contributed by atoms with E-state index in [1.807, 2.05) is 42.5 Å². The topological polar surface area (TPSA) is 24.1 Å². The molecule has 2 aromatic rings. The highest BCUT2D eigenvalue weighted by atomic mass is 15.0.